The number of aliphatic hydroxyl groups excluding tert-OH is 2. The molecule has 9 nitrogen and oxygen atoms in total. The quantitative estimate of drug-likeness (QED) is 0.288. The van der Waals surface area contributed by atoms with Crippen molar-refractivity contribution in [1.29, 1.82) is 0 Å². The van der Waals surface area contributed by atoms with Crippen LogP contribution >= 0.6 is 22.6 Å². The summed E-state index contributed by atoms with van der Waals surface area (Å²) in [4.78, 5) is 39.4. The van der Waals surface area contributed by atoms with Gasteiger partial charge in [0.15, 0.2) is 0 Å². The van der Waals surface area contributed by atoms with E-state index in [-0.39, 0.29) is 38.1 Å². The van der Waals surface area contributed by atoms with Crippen LogP contribution in [0.15, 0.2) is 58.9 Å². The second-order valence-electron chi connectivity index (χ2n) is 7.79. The van der Waals surface area contributed by atoms with E-state index in [1.54, 1.807) is 25.1 Å². The normalized spacial score (nSPS) is 19.8. The van der Waals surface area contributed by atoms with Crippen LogP contribution < -0.4 is 10.1 Å². The molecular formula is C24H27IN2O7. The van der Waals surface area contributed by atoms with Crippen molar-refractivity contribution in [2.75, 3.05) is 13.2 Å². The summed E-state index contributed by atoms with van der Waals surface area (Å²) in [5.74, 6) is -1.29. The number of benzene rings is 1. The summed E-state index contributed by atoms with van der Waals surface area (Å²) in [7, 11) is 0. The number of halogens is 1. The van der Waals surface area contributed by atoms with E-state index in [0.29, 0.717) is 11.3 Å². The third-order valence-corrected chi connectivity index (χ3v) is 6.36. The first-order chi connectivity index (χ1) is 16.3. The first-order valence-corrected chi connectivity index (χ1v) is 12.0. The predicted molar refractivity (Wildman–Crippen MR) is 131 cm³/mol. The van der Waals surface area contributed by atoms with Crippen LogP contribution in [0.2, 0.25) is 0 Å². The van der Waals surface area contributed by atoms with Crippen molar-refractivity contribution in [3.8, 4) is 5.75 Å². The van der Waals surface area contributed by atoms with Gasteiger partial charge in [-0.25, -0.2) is 0 Å². The highest BCUT2D eigenvalue weighted by Crippen LogP contribution is 2.30. The van der Waals surface area contributed by atoms with Crippen molar-refractivity contribution in [2.45, 2.75) is 44.6 Å². The van der Waals surface area contributed by atoms with Crippen molar-refractivity contribution in [3.63, 3.8) is 0 Å². The van der Waals surface area contributed by atoms with Crippen LogP contribution in [0.3, 0.4) is 0 Å². The number of carbonyl (C=O) groups excluding carboxylic acids is 3. The Kier molecular flexibility index (Phi) is 9.25. The number of carbonyl (C=O) groups is 3. The Morgan fingerprint density at radius 1 is 1.26 bits per heavy atom. The molecule has 2 aromatic rings. The highest BCUT2D eigenvalue weighted by atomic mass is 127. The number of ether oxygens (including phenoxy) is 1. The number of ketones is 1. The fourth-order valence-electron chi connectivity index (χ4n) is 3.70. The minimum Gasteiger partial charge on any atom is -0.482 e. The molecule has 0 aliphatic heterocycles. The summed E-state index contributed by atoms with van der Waals surface area (Å²) in [5.41, 5.74) is 0.925. The van der Waals surface area contributed by atoms with E-state index in [2.05, 4.69) is 27.9 Å². The lowest BCUT2D eigenvalue weighted by Crippen LogP contribution is -2.56. The summed E-state index contributed by atoms with van der Waals surface area (Å²) < 4.78 is 12.0. The van der Waals surface area contributed by atoms with E-state index >= 15 is 0 Å². The Morgan fingerprint density at radius 2 is 2.03 bits per heavy atom. The first-order valence-electron chi connectivity index (χ1n) is 10.9. The monoisotopic (exact) mass is 582 g/mol. The maximum Gasteiger partial charge on any atom is 0.290 e. The number of rotatable bonds is 10. The van der Waals surface area contributed by atoms with Gasteiger partial charge in [-0.05, 0) is 46.9 Å². The lowest BCUT2D eigenvalue weighted by Gasteiger charge is -2.40. The standard InChI is InChI=1S/C24H27IN2O7/c1-2-19(29)24(32)27(13-15-7-10-33-14-15)18-11-16(23(31)26-8-9-28)12-21(22(18)30)34-20-6-4-3-5-17(20)25/h3-7,10,12,14,18,21-22,28,30H,2,8-9,11,13H2,1H3,(H,26,31). The number of para-hydroxylation sites is 1. The minimum absolute atomic E-state index is 0.00472. The van der Waals surface area contributed by atoms with Gasteiger partial charge in [-0.1, -0.05) is 19.1 Å². The van der Waals surface area contributed by atoms with Gasteiger partial charge in [0.1, 0.15) is 18.0 Å². The molecule has 0 fully saturated rings. The molecule has 0 saturated carbocycles. The smallest absolute Gasteiger partial charge is 0.290 e. The zero-order valence-corrected chi connectivity index (χ0v) is 20.8. The highest BCUT2D eigenvalue weighted by Gasteiger charge is 2.41. The third-order valence-electron chi connectivity index (χ3n) is 5.47. The van der Waals surface area contributed by atoms with Gasteiger partial charge in [0, 0.05) is 37.1 Å². The molecule has 3 rings (SSSR count). The average Bonchev–Trinajstić information content (AvgIpc) is 3.36. The van der Waals surface area contributed by atoms with Crippen LogP contribution in [0.4, 0.5) is 0 Å². The molecule has 2 amide bonds. The zero-order valence-electron chi connectivity index (χ0n) is 18.6. The number of hydrogen-bond acceptors (Lipinski definition) is 7. The first kappa shape index (κ1) is 25.9. The molecule has 3 N–H and O–H groups in total. The van der Waals surface area contributed by atoms with Gasteiger partial charge >= 0.3 is 0 Å². The Morgan fingerprint density at radius 3 is 2.68 bits per heavy atom. The van der Waals surface area contributed by atoms with Crippen molar-refractivity contribution in [1.82, 2.24) is 10.2 Å². The van der Waals surface area contributed by atoms with Gasteiger partial charge in [0.05, 0.1) is 28.7 Å². The van der Waals surface area contributed by atoms with Crippen LogP contribution in [-0.4, -0.2) is 64.1 Å². The number of aliphatic hydroxyl groups is 2. The molecular weight excluding hydrogens is 555 g/mol. The van der Waals surface area contributed by atoms with E-state index < -0.39 is 35.8 Å². The van der Waals surface area contributed by atoms with Crippen molar-refractivity contribution >= 4 is 40.2 Å². The third kappa shape index (κ3) is 6.24. The second-order valence-corrected chi connectivity index (χ2v) is 8.95. The van der Waals surface area contributed by atoms with Gasteiger partial charge in [0.25, 0.3) is 5.91 Å². The van der Waals surface area contributed by atoms with E-state index in [9.17, 15) is 19.5 Å². The van der Waals surface area contributed by atoms with E-state index in [1.807, 2.05) is 12.1 Å². The average molecular weight is 582 g/mol. The zero-order chi connectivity index (χ0) is 24.7. The Balaban J connectivity index is 1.98. The number of furan rings is 1. The van der Waals surface area contributed by atoms with Crippen LogP contribution in [0.1, 0.15) is 25.3 Å². The molecule has 0 spiro atoms. The summed E-state index contributed by atoms with van der Waals surface area (Å²) in [5, 5.41) is 23.0. The maximum atomic E-state index is 13.1. The molecule has 1 aromatic heterocycles. The number of Topliss-reactive ketones (excluding diaryl/α,β-unsaturated/α-hetero) is 1. The highest BCUT2D eigenvalue weighted by molar-refractivity contribution is 14.1. The Hall–Kier alpha value is -2.70. The van der Waals surface area contributed by atoms with Crippen molar-refractivity contribution < 1.29 is 33.8 Å². The van der Waals surface area contributed by atoms with E-state index in [4.69, 9.17) is 14.3 Å². The summed E-state index contributed by atoms with van der Waals surface area (Å²) >= 11 is 2.10. The van der Waals surface area contributed by atoms with Gasteiger partial charge in [-0.3, -0.25) is 14.4 Å². The molecule has 182 valence electrons. The number of nitrogens with one attached hydrogen (secondary N) is 1. The van der Waals surface area contributed by atoms with Crippen LogP contribution in [0.25, 0.3) is 0 Å². The lowest BCUT2D eigenvalue weighted by molar-refractivity contribution is -0.149. The Bertz CT molecular complexity index is 1040. The van der Waals surface area contributed by atoms with Crippen LogP contribution in [-0.2, 0) is 20.9 Å². The molecule has 3 atom stereocenters. The SMILES string of the molecule is CCC(=O)C(=O)N(Cc1ccoc1)C1CC(C(=O)NCCO)=CC(Oc2ccccc2I)C1O. The molecule has 1 aromatic carbocycles. The summed E-state index contributed by atoms with van der Waals surface area (Å²) in [6.45, 7) is 1.43. The molecule has 1 heterocycles. The molecule has 1 aliphatic carbocycles. The van der Waals surface area contributed by atoms with Gasteiger partial charge in [0.2, 0.25) is 11.7 Å². The fourth-order valence-corrected chi connectivity index (χ4v) is 4.21. The van der Waals surface area contributed by atoms with Crippen LogP contribution in [0.5, 0.6) is 5.75 Å². The molecule has 3 unspecified atom stereocenters. The number of hydrogen-bond donors (Lipinski definition) is 3. The summed E-state index contributed by atoms with van der Waals surface area (Å²) in [6.07, 6.45) is 2.27. The maximum absolute atomic E-state index is 13.1. The molecule has 0 saturated heterocycles. The van der Waals surface area contributed by atoms with Gasteiger partial charge in [-0.15, -0.1) is 0 Å². The van der Waals surface area contributed by atoms with Crippen LogP contribution in [0, 0.1) is 3.57 Å². The van der Waals surface area contributed by atoms with E-state index in [1.165, 1.54) is 23.5 Å². The molecule has 34 heavy (non-hydrogen) atoms. The fraction of sp³-hybridized carbons (Fsp3) is 0.375. The molecule has 0 radical (unpaired) electrons. The lowest BCUT2D eigenvalue weighted by atomic mass is 9.87. The number of nitrogens with zero attached hydrogens (tertiary/aromatic N) is 1. The van der Waals surface area contributed by atoms with Crippen molar-refractivity contribution in [3.05, 3.63) is 63.6 Å². The molecule has 1 aliphatic rings. The Labute approximate surface area is 210 Å². The summed E-state index contributed by atoms with van der Waals surface area (Å²) in [6, 6.07) is 7.97. The topological polar surface area (TPSA) is 129 Å². The minimum atomic E-state index is -1.22. The largest absolute Gasteiger partial charge is 0.482 e. The van der Waals surface area contributed by atoms with Crippen molar-refractivity contribution in [2.24, 2.45) is 0 Å². The molecule has 10 heteroatoms. The second kappa shape index (κ2) is 12.1. The number of amides is 2. The van der Waals surface area contributed by atoms with Gasteiger partial charge < -0.3 is 29.6 Å². The van der Waals surface area contributed by atoms with Gasteiger partial charge in [-0.2, -0.15) is 0 Å². The molecule has 0 bridgehead atoms. The predicted octanol–water partition coefficient (Wildman–Crippen LogP) is 1.81. The van der Waals surface area contributed by atoms with E-state index in [0.717, 1.165) is 3.57 Å².